The number of benzene rings is 3. The minimum Gasteiger partial charge on any atom is -0.492 e. The smallest absolute Gasteiger partial charge is 0.290 e. The molecule has 4 rings (SSSR count). The zero-order chi connectivity index (χ0) is 22.0. The molecule has 9 heteroatoms. The maximum absolute atomic E-state index is 13.3. The molecular formula is C22H14ClIN4O2S. The third-order valence-corrected chi connectivity index (χ3v) is 5.83. The highest BCUT2D eigenvalue weighted by Crippen LogP contribution is 2.31. The summed E-state index contributed by atoms with van der Waals surface area (Å²) in [6.45, 7) is 0. The topological polar surface area (TPSA) is 71.9 Å². The minimum atomic E-state index is -0.591. The number of hydrogen-bond acceptors (Lipinski definition) is 5. The monoisotopic (exact) mass is 560 g/mol. The predicted molar refractivity (Wildman–Crippen MR) is 132 cm³/mol. The Morgan fingerprint density at radius 3 is 2.13 bits per heavy atom. The number of azo groups is 1. The summed E-state index contributed by atoms with van der Waals surface area (Å²) in [4.78, 5) is 13.3. The lowest BCUT2D eigenvalue weighted by Gasteiger charge is -2.16. The van der Waals surface area contributed by atoms with E-state index >= 15 is 0 Å². The van der Waals surface area contributed by atoms with E-state index < -0.39 is 11.4 Å². The van der Waals surface area contributed by atoms with Crippen LogP contribution in [0.15, 0.2) is 93.9 Å². The molecule has 1 N–H and O–H groups in total. The first-order chi connectivity index (χ1) is 15.0. The van der Waals surface area contributed by atoms with E-state index in [1.807, 2.05) is 18.2 Å². The van der Waals surface area contributed by atoms with Gasteiger partial charge in [-0.15, -0.1) is 10.2 Å². The Hall–Kier alpha value is -2.82. The number of aromatic hydroxyl groups is 1. The van der Waals surface area contributed by atoms with Crippen molar-refractivity contribution in [1.82, 2.24) is 9.13 Å². The Balaban J connectivity index is 2.01. The third kappa shape index (κ3) is 4.32. The van der Waals surface area contributed by atoms with E-state index in [0.717, 1.165) is 3.57 Å². The van der Waals surface area contributed by atoms with Gasteiger partial charge in [-0.25, -0.2) is 0 Å². The molecule has 0 fully saturated rings. The molecule has 6 nitrogen and oxygen atoms in total. The number of nitrogens with zero attached hydrogens (tertiary/aromatic N) is 4. The highest BCUT2D eigenvalue weighted by molar-refractivity contribution is 14.1. The summed E-state index contributed by atoms with van der Waals surface area (Å²) in [5, 5.41) is 19.5. The molecule has 0 amide bonds. The summed E-state index contributed by atoms with van der Waals surface area (Å²) >= 11 is 13.9. The molecule has 31 heavy (non-hydrogen) atoms. The Kier molecular flexibility index (Phi) is 6.30. The highest BCUT2D eigenvalue weighted by atomic mass is 127. The molecule has 4 aromatic rings. The van der Waals surface area contributed by atoms with E-state index in [0.29, 0.717) is 22.1 Å². The standard InChI is InChI=1S/C22H14ClIN4O2S/c23-17-8-4-5-9-18(17)25-26-19-20(29)27(15-6-2-1-3-7-15)22(31)28(21(19)30)16-12-10-14(24)11-13-16/h1-13,30H. The van der Waals surface area contributed by atoms with Gasteiger partial charge >= 0.3 is 0 Å². The maximum Gasteiger partial charge on any atom is 0.290 e. The largest absolute Gasteiger partial charge is 0.492 e. The fraction of sp³-hybridized carbons (Fsp3) is 0. The first-order valence-corrected chi connectivity index (χ1v) is 10.9. The summed E-state index contributed by atoms with van der Waals surface area (Å²) < 4.78 is 3.82. The molecule has 154 valence electrons. The summed E-state index contributed by atoms with van der Waals surface area (Å²) in [6, 6.07) is 23.1. The van der Waals surface area contributed by atoms with E-state index in [9.17, 15) is 9.90 Å². The molecule has 0 aliphatic carbocycles. The molecule has 0 saturated carbocycles. The van der Waals surface area contributed by atoms with Crippen molar-refractivity contribution in [2.75, 3.05) is 0 Å². The molecule has 0 spiro atoms. The van der Waals surface area contributed by atoms with Crippen LogP contribution in [0.2, 0.25) is 5.02 Å². The van der Waals surface area contributed by atoms with Crippen LogP contribution in [-0.4, -0.2) is 14.2 Å². The number of para-hydroxylation sites is 1. The van der Waals surface area contributed by atoms with Gasteiger partial charge in [-0.1, -0.05) is 41.9 Å². The van der Waals surface area contributed by atoms with Crippen LogP contribution in [0.25, 0.3) is 11.4 Å². The van der Waals surface area contributed by atoms with Crippen LogP contribution in [0.3, 0.4) is 0 Å². The summed E-state index contributed by atoms with van der Waals surface area (Å²) in [6.07, 6.45) is 0. The van der Waals surface area contributed by atoms with E-state index in [1.165, 1.54) is 9.13 Å². The van der Waals surface area contributed by atoms with Gasteiger partial charge in [0.05, 0.1) is 16.4 Å². The van der Waals surface area contributed by atoms with Gasteiger partial charge in [0.25, 0.3) is 5.56 Å². The minimum absolute atomic E-state index is 0.103. The van der Waals surface area contributed by atoms with Gasteiger partial charge in [-0.05, 0) is 83.3 Å². The second kappa shape index (κ2) is 9.13. The summed E-state index contributed by atoms with van der Waals surface area (Å²) in [7, 11) is 0. The first kappa shape index (κ1) is 21.4. The number of hydrogen-bond donors (Lipinski definition) is 1. The zero-order valence-electron chi connectivity index (χ0n) is 15.8. The van der Waals surface area contributed by atoms with E-state index in [2.05, 4.69) is 32.8 Å². The maximum atomic E-state index is 13.3. The van der Waals surface area contributed by atoms with Crippen molar-refractivity contribution in [2.24, 2.45) is 10.2 Å². The van der Waals surface area contributed by atoms with Crippen LogP contribution >= 0.6 is 46.4 Å². The van der Waals surface area contributed by atoms with Gasteiger partial charge in [0.2, 0.25) is 11.6 Å². The van der Waals surface area contributed by atoms with Crippen molar-refractivity contribution in [2.45, 2.75) is 0 Å². The highest BCUT2D eigenvalue weighted by Gasteiger charge is 2.19. The van der Waals surface area contributed by atoms with E-state index in [-0.39, 0.29) is 10.5 Å². The van der Waals surface area contributed by atoms with Crippen LogP contribution in [0.1, 0.15) is 0 Å². The predicted octanol–water partition coefficient (Wildman–Crippen LogP) is 6.74. The second-order valence-electron chi connectivity index (χ2n) is 6.39. The van der Waals surface area contributed by atoms with Gasteiger partial charge in [-0.3, -0.25) is 13.9 Å². The zero-order valence-corrected chi connectivity index (χ0v) is 19.5. The van der Waals surface area contributed by atoms with Crippen LogP contribution in [0, 0.1) is 8.34 Å². The fourth-order valence-corrected chi connectivity index (χ4v) is 3.85. The molecule has 0 radical (unpaired) electrons. The SMILES string of the molecule is O=c1c(N=Nc2ccccc2Cl)c(O)n(-c2ccc(I)cc2)c(=S)n1-c1ccccc1. The van der Waals surface area contributed by atoms with Gasteiger partial charge in [0.1, 0.15) is 5.69 Å². The quantitative estimate of drug-likeness (QED) is 0.171. The number of halogens is 2. The third-order valence-electron chi connectivity index (χ3n) is 4.42. The molecule has 0 aliphatic rings. The van der Waals surface area contributed by atoms with E-state index in [4.69, 9.17) is 23.8 Å². The summed E-state index contributed by atoms with van der Waals surface area (Å²) in [5.74, 6) is -0.404. The van der Waals surface area contributed by atoms with Crippen molar-refractivity contribution in [3.63, 3.8) is 0 Å². The molecule has 0 atom stereocenters. The number of rotatable bonds is 4. The van der Waals surface area contributed by atoms with Gasteiger partial charge in [0, 0.05) is 3.57 Å². The van der Waals surface area contributed by atoms with Crippen LogP contribution in [0.5, 0.6) is 5.88 Å². The van der Waals surface area contributed by atoms with Crippen molar-refractivity contribution in [3.05, 3.63) is 103 Å². The van der Waals surface area contributed by atoms with E-state index in [1.54, 1.807) is 60.7 Å². The lowest BCUT2D eigenvalue weighted by atomic mass is 10.3. The molecule has 0 unspecified atom stereocenters. The molecule has 0 bridgehead atoms. The average Bonchev–Trinajstić information content (AvgIpc) is 2.77. The van der Waals surface area contributed by atoms with Crippen molar-refractivity contribution >= 4 is 57.8 Å². The fourth-order valence-electron chi connectivity index (χ4n) is 2.94. The Bertz CT molecular complexity index is 1400. The first-order valence-electron chi connectivity index (χ1n) is 9.06. The molecular weight excluding hydrogens is 547 g/mol. The van der Waals surface area contributed by atoms with Crippen LogP contribution in [-0.2, 0) is 0 Å². The molecule has 0 aliphatic heterocycles. The van der Waals surface area contributed by atoms with Crippen LogP contribution in [0.4, 0.5) is 11.4 Å². The van der Waals surface area contributed by atoms with Gasteiger partial charge < -0.3 is 5.11 Å². The molecule has 0 saturated heterocycles. The van der Waals surface area contributed by atoms with Crippen LogP contribution < -0.4 is 5.56 Å². The Labute approximate surface area is 201 Å². The normalized spacial score (nSPS) is 11.2. The molecule has 1 heterocycles. The lowest BCUT2D eigenvalue weighted by molar-refractivity contribution is 0.432. The lowest BCUT2D eigenvalue weighted by Crippen LogP contribution is -2.23. The van der Waals surface area contributed by atoms with Crippen molar-refractivity contribution < 1.29 is 5.11 Å². The summed E-state index contributed by atoms with van der Waals surface area (Å²) in [5.41, 5.74) is 0.660. The van der Waals surface area contributed by atoms with Gasteiger partial charge in [0.15, 0.2) is 4.77 Å². The Morgan fingerprint density at radius 2 is 1.45 bits per heavy atom. The molecule has 1 aromatic heterocycles. The Morgan fingerprint density at radius 1 is 0.839 bits per heavy atom. The average molecular weight is 561 g/mol. The van der Waals surface area contributed by atoms with Crippen molar-refractivity contribution in [1.29, 1.82) is 0 Å². The van der Waals surface area contributed by atoms with Crippen molar-refractivity contribution in [3.8, 4) is 17.3 Å². The van der Waals surface area contributed by atoms with Gasteiger partial charge in [-0.2, -0.15) is 0 Å². The second-order valence-corrected chi connectivity index (χ2v) is 8.41. The molecule has 3 aromatic carbocycles. The number of aromatic nitrogens is 2.